The number of benzene rings is 2. The number of fused-ring (bicyclic) bond motifs is 1. The smallest absolute Gasteiger partial charge is 0.256 e. The Hall–Kier alpha value is -3.05. The minimum absolute atomic E-state index is 0.163. The molecule has 0 unspecified atom stereocenters. The molecule has 2 aromatic carbocycles. The van der Waals surface area contributed by atoms with E-state index in [9.17, 15) is 4.79 Å². The van der Waals surface area contributed by atoms with Gasteiger partial charge < -0.3 is 5.32 Å². The van der Waals surface area contributed by atoms with Gasteiger partial charge in [0.15, 0.2) is 0 Å². The number of nitrogens with zero attached hydrogens (tertiary/aromatic N) is 2. The molecule has 4 nitrogen and oxygen atoms in total. The summed E-state index contributed by atoms with van der Waals surface area (Å²) in [7, 11) is 0. The number of nitrogens with one attached hydrogen (secondary N) is 1. The highest BCUT2D eigenvalue weighted by molar-refractivity contribution is 7.21. The number of pyridine rings is 1. The van der Waals surface area contributed by atoms with E-state index in [1.807, 2.05) is 49.4 Å². The van der Waals surface area contributed by atoms with Gasteiger partial charge in [0.1, 0.15) is 10.8 Å². The van der Waals surface area contributed by atoms with Gasteiger partial charge in [-0.1, -0.05) is 29.8 Å². The van der Waals surface area contributed by atoms with E-state index in [0.717, 1.165) is 26.4 Å². The first-order valence-corrected chi connectivity index (χ1v) is 8.71. The second-order valence-corrected chi connectivity index (χ2v) is 6.77. The van der Waals surface area contributed by atoms with Crippen LogP contribution >= 0.6 is 11.3 Å². The number of para-hydroxylation sites is 1. The van der Waals surface area contributed by atoms with E-state index < -0.39 is 0 Å². The summed E-state index contributed by atoms with van der Waals surface area (Å²) in [6.07, 6.45) is 1.74. The van der Waals surface area contributed by atoms with E-state index in [4.69, 9.17) is 0 Å². The van der Waals surface area contributed by atoms with Crippen molar-refractivity contribution >= 4 is 33.3 Å². The van der Waals surface area contributed by atoms with E-state index in [-0.39, 0.29) is 5.91 Å². The fourth-order valence-electron chi connectivity index (χ4n) is 2.56. The SMILES string of the molecule is Cc1cccc(C(=O)Nc2ccc(-c3nc4ccccc4s3)cn2)c1. The molecule has 2 aromatic heterocycles. The molecule has 0 fully saturated rings. The summed E-state index contributed by atoms with van der Waals surface area (Å²) in [6, 6.07) is 19.2. The molecular formula is C20H15N3OS. The second kappa shape index (κ2) is 6.45. The number of aromatic nitrogens is 2. The normalized spacial score (nSPS) is 10.8. The molecule has 0 atom stereocenters. The van der Waals surface area contributed by atoms with Crippen LogP contribution < -0.4 is 5.32 Å². The molecule has 25 heavy (non-hydrogen) atoms. The zero-order valence-electron chi connectivity index (χ0n) is 13.6. The number of rotatable bonds is 3. The molecule has 1 amide bonds. The van der Waals surface area contributed by atoms with Crippen LogP contribution in [0.2, 0.25) is 0 Å². The van der Waals surface area contributed by atoms with E-state index in [1.165, 1.54) is 0 Å². The lowest BCUT2D eigenvalue weighted by Gasteiger charge is -2.05. The summed E-state index contributed by atoms with van der Waals surface area (Å²) in [5, 5.41) is 3.75. The Morgan fingerprint density at radius 2 is 1.92 bits per heavy atom. The maximum Gasteiger partial charge on any atom is 0.256 e. The molecule has 0 bridgehead atoms. The zero-order chi connectivity index (χ0) is 17.2. The van der Waals surface area contributed by atoms with Gasteiger partial charge in [0, 0.05) is 17.3 Å². The number of hydrogen-bond donors (Lipinski definition) is 1. The second-order valence-electron chi connectivity index (χ2n) is 5.74. The van der Waals surface area contributed by atoms with Crippen LogP contribution in [-0.4, -0.2) is 15.9 Å². The van der Waals surface area contributed by atoms with E-state index in [2.05, 4.69) is 21.4 Å². The van der Waals surface area contributed by atoms with Crippen LogP contribution in [-0.2, 0) is 0 Å². The fraction of sp³-hybridized carbons (Fsp3) is 0.0500. The Morgan fingerprint density at radius 3 is 2.68 bits per heavy atom. The van der Waals surface area contributed by atoms with Crippen LogP contribution in [0.15, 0.2) is 66.9 Å². The molecular weight excluding hydrogens is 330 g/mol. The van der Waals surface area contributed by atoms with Crippen LogP contribution in [0, 0.1) is 6.92 Å². The van der Waals surface area contributed by atoms with Gasteiger partial charge in [-0.2, -0.15) is 0 Å². The standard InChI is InChI=1S/C20H15N3OS/c1-13-5-4-6-14(11-13)19(24)23-18-10-9-15(12-21-18)20-22-16-7-2-3-8-17(16)25-20/h2-12H,1H3,(H,21,23,24). The minimum atomic E-state index is -0.163. The first kappa shape index (κ1) is 15.5. The van der Waals surface area contributed by atoms with Gasteiger partial charge in [-0.3, -0.25) is 4.79 Å². The molecule has 0 aliphatic heterocycles. The number of anilines is 1. The Balaban J connectivity index is 1.54. The van der Waals surface area contributed by atoms with Crippen molar-refractivity contribution in [3.05, 3.63) is 78.0 Å². The van der Waals surface area contributed by atoms with Crippen molar-refractivity contribution in [1.29, 1.82) is 0 Å². The Morgan fingerprint density at radius 1 is 1.04 bits per heavy atom. The summed E-state index contributed by atoms with van der Waals surface area (Å²) in [6.45, 7) is 1.96. The lowest BCUT2D eigenvalue weighted by molar-refractivity contribution is 0.102. The molecule has 5 heteroatoms. The Kier molecular flexibility index (Phi) is 3.99. The average molecular weight is 345 g/mol. The molecule has 0 aliphatic rings. The summed E-state index contributed by atoms with van der Waals surface area (Å²) in [5.41, 5.74) is 3.60. The predicted molar refractivity (Wildman–Crippen MR) is 102 cm³/mol. The lowest BCUT2D eigenvalue weighted by atomic mass is 10.1. The van der Waals surface area contributed by atoms with Gasteiger partial charge in [0.25, 0.3) is 5.91 Å². The third-order valence-corrected chi connectivity index (χ3v) is 4.91. The van der Waals surface area contributed by atoms with Crippen molar-refractivity contribution < 1.29 is 4.79 Å². The Labute approximate surface area is 149 Å². The average Bonchev–Trinajstić information content (AvgIpc) is 3.06. The van der Waals surface area contributed by atoms with E-state index >= 15 is 0 Å². The minimum Gasteiger partial charge on any atom is -0.307 e. The quantitative estimate of drug-likeness (QED) is 0.573. The highest BCUT2D eigenvalue weighted by atomic mass is 32.1. The van der Waals surface area contributed by atoms with Crippen molar-refractivity contribution in [2.75, 3.05) is 5.32 Å². The van der Waals surface area contributed by atoms with Crippen molar-refractivity contribution in [3.63, 3.8) is 0 Å². The third-order valence-electron chi connectivity index (χ3n) is 3.83. The monoisotopic (exact) mass is 345 g/mol. The zero-order valence-corrected chi connectivity index (χ0v) is 14.4. The van der Waals surface area contributed by atoms with Crippen molar-refractivity contribution in [3.8, 4) is 10.6 Å². The summed E-state index contributed by atoms with van der Waals surface area (Å²) in [4.78, 5) is 21.2. The molecule has 0 saturated heterocycles. The molecule has 0 aliphatic carbocycles. The lowest BCUT2D eigenvalue weighted by Crippen LogP contribution is -2.12. The number of hydrogen-bond acceptors (Lipinski definition) is 4. The van der Waals surface area contributed by atoms with Gasteiger partial charge in [0.05, 0.1) is 10.2 Å². The van der Waals surface area contributed by atoms with Gasteiger partial charge in [-0.15, -0.1) is 11.3 Å². The van der Waals surface area contributed by atoms with Gasteiger partial charge in [-0.25, -0.2) is 9.97 Å². The molecule has 4 aromatic rings. The first-order chi connectivity index (χ1) is 12.2. The van der Waals surface area contributed by atoms with Gasteiger partial charge in [0.2, 0.25) is 0 Å². The Bertz CT molecular complexity index is 1020. The number of carbonyl (C=O) groups excluding carboxylic acids is 1. The topological polar surface area (TPSA) is 54.9 Å². The summed E-state index contributed by atoms with van der Waals surface area (Å²) >= 11 is 1.63. The summed E-state index contributed by atoms with van der Waals surface area (Å²) in [5.74, 6) is 0.361. The van der Waals surface area contributed by atoms with Crippen LogP contribution in [0.5, 0.6) is 0 Å². The maximum atomic E-state index is 12.3. The highest BCUT2D eigenvalue weighted by Gasteiger charge is 2.09. The highest BCUT2D eigenvalue weighted by Crippen LogP contribution is 2.29. The molecule has 1 N–H and O–H groups in total. The first-order valence-electron chi connectivity index (χ1n) is 7.89. The van der Waals surface area contributed by atoms with Crippen molar-refractivity contribution in [2.45, 2.75) is 6.92 Å². The molecule has 122 valence electrons. The maximum absolute atomic E-state index is 12.3. The van der Waals surface area contributed by atoms with E-state index in [0.29, 0.717) is 11.4 Å². The van der Waals surface area contributed by atoms with Gasteiger partial charge >= 0.3 is 0 Å². The van der Waals surface area contributed by atoms with Crippen LogP contribution in [0.1, 0.15) is 15.9 Å². The fourth-order valence-corrected chi connectivity index (χ4v) is 3.52. The molecule has 2 heterocycles. The molecule has 0 spiro atoms. The number of amides is 1. The van der Waals surface area contributed by atoms with Crippen LogP contribution in [0.25, 0.3) is 20.8 Å². The molecule has 0 saturated carbocycles. The predicted octanol–water partition coefficient (Wildman–Crippen LogP) is 4.92. The molecule has 0 radical (unpaired) electrons. The molecule has 4 rings (SSSR count). The van der Waals surface area contributed by atoms with Crippen LogP contribution in [0.4, 0.5) is 5.82 Å². The number of aryl methyl sites for hydroxylation is 1. The van der Waals surface area contributed by atoms with Crippen molar-refractivity contribution in [1.82, 2.24) is 9.97 Å². The largest absolute Gasteiger partial charge is 0.307 e. The van der Waals surface area contributed by atoms with Gasteiger partial charge in [-0.05, 0) is 43.3 Å². The van der Waals surface area contributed by atoms with Crippen molar-refractivity contribution in [2.24, 2.45) is 0 Å². The third kappa shape index (κ3) is 3.27. The summed E-state index contributed by atoms with van der Waals surface area (Å²) < 4.78 is 1.15. The van der Waals surface area contributed by atoms with Crippen LogP contribution in [0.3, 0.4) is 0 Å². The van der Waals surface area contributed by atoms with E-state index in [1.54, 1.807) is 29.7 Å². The number of thiazole rings is 1. The number of carbonyl (C=O) groups is 1.